The summed E-state index contributed by atoms with van der Waals surface area (Å²) < 4.78 is 17.7. The first-order chi connectivity index (χ1) is 8.04. The number of ether oxygens (including phenoxy) is 1. The number of carbonyl (C=O) groups excluding carboxylic acids is 1. The number of carbonyl (C=O) groups is 1. The standard InChI is InChI=1S/C12H15ClFNO2/c1-8-5-10(14)3-4-11(8)12(16)15-6-9(13)7-17-2/h3-5,9H,6-7H2,1-2H3,(H,15,16). The van der Waals surface area contributed by atoms with Gasteiger partial charge in [0.25, 0.3) is 5.91 Å². The van der Waals surface area contributed by atoms with Crippen molar-refractivity contribution in [3.8, 4) is 0 Å². The number of aryl methyl sites for hydroxylation is 1. The third kappa shape index (κ3) is 4.32. The monoisotopic (exact) mass is 259 g/mol. The van der Waals surface area contributed by atoms with E-state index in [9.17, 15) is 9.18 Å². The van der Waals surface area contributed by atoms with Crippen molar-refractivity contribution in [2.24, 2.45) is 0 Å². The second-order valence-corrected chi connectivity index (χ2v) is 4.34. The minimum absolute atomic E-state index is 0.260. The van der Waals surface area contributed by atoms with Crippen molar-refractivity contribution >= 4 is 17.5 Å². The lowest BCUT2D eigenvalue weighted by Crippen LogP contribution is -2.32. The number of alkyl halides is 1. The van der Waals surface area contributed by atoms with Crippen LogP contribution in [0.2, 0.25) is 0 Å². The lowest BCUT2D eigenvalue weighted by atomic mass is 10.1. The molecule has 5 heteroatoms. The van der Waals surface area contributed by atoms with Crippen molar-refractivity contribution in [1.82, 2.24) is 5.32 Å². The predicted molar refractivity (Wildman–Crippen MR) is 65.0 cm³/mol. The van der Waals surface area contributed by atoms with E-state index in [-0.39, 0.29) is 17.1 Å². The quantitative estimate of drug-likeness (QED) is 0.823. The van der Waals surface area contributed by atoms with Gasteiger partial charge in [-0.15, -0.1) is 11.6 Å². The van der Waals surface area contributed by atoms with Crippen LogP contribution in [0, 0.1) is 12.7 Å². The predicted octanol–water partition coefficient (Wildman–Crippen LogP) is 2.12. The van der Waals surface area contributed by atoms with Gasteiger partial charge in [0.05, 0.1) is 12.0 Å². The molecule has 94 valence electrons. The molecule has 1 unspecified atom stereocenters. The van der Waals surface area contributed by atoms with Crippen LogP contribution >= 0.6 is 11.6 Å². The van der Waals surface area contributed by atoms with E-state index in [2.05, 4.69) is 5.32 Å². The summed E-state index contributed by atoms with van der Waals surface area (Å²) in [6.45, 7) is 2.36. The maximum Gasteiger partial charge on any atom is 0.251 e. The smallest absolute Gasteiger partial charge is 0.251 e. The van der Waals surface area contributed by atoms with Gasteiger partial charge in [0, 0.05) is 19.2 Å². The van der Waals surface area contributed by atoms with Crippen LogP contribution < -0.4 is 5.32 Å². The average Bonchev–Trinajstić information content (AvgIpc) is 2.26. The van der Waals surface area contributed by atoms with Gasteiger partial charge >= 0.3 is 0 Å². The van der Waals surface area contributed by atoms with E-state index in [0.29, 0.717) is 24.3 Å². The number of halogens is 2. The summed E-state index contributed by atoms with van der Waals surface area (Å²) in [6.07, 6.45) is 0. The summed E-state index contributed by atoms with van der Waals surface area (Å²) in [6, 6.07) is 4.04. The van der Waals surface area contributed by atoms with Gasteiger partial charge in [-0.1, -0.05) is 0 Å². The van der Waals surface area contributed by atoms with Crippen LogP contribution in [0.25, 0.3) is 0 Å². The summed E-state index contributed by atoms with van der Waals surface area (Å²) in [5.74, 6) is -0.613. The van der Waals surface area contributed by atoms with Crippen molar-refractivity contribution in [3.05, 3.63) is 35.1 Å². The lowest BCUT2D eigenvalue weighted by molar-refractivity contribution is 0.0948. The Hall–Kier alpha value is -1.13. The van der Waals surface area contributed by atoms with Crippen molar-refractivity contribution in [1.29, 1.82) is 0 Å². The zero-order chi connectivity index (χ0) is 12.8. The molecule has 1 aromatic carbocycles. The third-order valence-electron chi connectivity index (χ3n) is 2.26. The van der Waals surface area contributed by atoms with Gasteiger partial charge in [-0.25, -0.2) is 4.39 Å². The summed E-state index contributed by atoms with van der Waals surface area (Å²) in [4.78, 5) is 11.8. The second kappa shape index (κ2) is 6.57. The number of nitrogens with one attached hydrogen (secondary N) is 1. The number of methoxy groups -OCH3 is 1. The summed E-state index contributed by atoms with van der Waals surface area (Å²) in [5.41, 5.74) is 1.05. The molecule has 1 atom stereocenters. The maximum absolute atomic E-state index is 12.9. The summed E-state index contributed by atoms with van der Waals surface area (Å²) in [5, 5.41) is 2.40. The highest BCUT2D eigenvalue weighted by atomic mass is 35.5. The summed E-state index contributed by atoms with van der Waals surface area (Å²) >= 11 is 5.88. The molecule has 1 N–H and O–H groups in total. The zero-order valence-corrected chi connectivity index (χ0v) is 10.6. The van der Waals surface area contributed by atoms with Crippen molar-refractivity contribution in [3.63, 3.8) is 0 Å². The molecule has 0 radical (unpaired) electrons. The first kappa shape index (κ1) is 13.9. The van der Waals surface area contributed by atoms with Crippen molar-refractivity contribution in [2.45, 2.75) is 12.3 Å². The molecule has 0 spiro atoms. The van der Waals surface area contributed by atoms with Crippen LogP contribution in [0.3, 0.4) is 0 Å². The average molecular weight is 260 g/mol. The molecule has 0 aromatic heterocycles. The molecule has 17 heavy (non-hydrogen) atoms. The Morgan fingerprint density at radius 1 is 1.59 bits per heavy atom. The van der Waals surface area contributed by atoms with Crippen LogP contribution in [-0.4, -0.2) is 31.5 Å². The molecule has 1 amide bonds. The molecule has 0 heterocycles. The Morgan fingerprint density at radius 3 is 2.88 bits per heavy atom. The van der Waals surface area contributed by atoms with Gasteiger partial charge < -0.3 is 10.1 Å². The molecule has 1 rings (SSSR count). The van der Waals surface area contributed by atoms with Gasteiger partial charge in [0.15, 0.2) is 0 Å². The highest BCUT2D eigenvalue weighted by molar-refractivity contribution is 6.21. The van der Waals surface area contributed by atoms with Gasteiger partial charge in [0.1, 0.15) is 5.82 Å². The maximum atomic E-state index is 12.9. The van der Waals surface area contributed by atoms with Gasteiger partial charge in [-0.2, -0.15) is 0 Å². The minimum Gasteiger partial charge on any atom is -0.383 e. The zero-order valence-electron chi connectivity index (χ0n) is 9.80. The van der Waals surface area contributed by atoms with Gasteiger partial charge in [-0.05, 0) is 30.7 Å². The lowest BCUT2D eigenvalue weighted by Gasteiger charge is -2.11. The van der Waals surface area contributed by atoms with Crippen molar-refractivity contribution < 1.29 is 13.9 Å². The fourth-order valence-electron chi connectivity index (χ4n) is 1.42. The topological polar surface area (TPSA) is 38.3 Å². The Morgan fingerprint density at radius 2 is 2.29 bits per heavy atom. The fraction of sp³-hybridized carbons (Fsp3) is 0.417. The number of rotatable bonds is 5. The number of amides is 1. The first-order valence-corrected chi connectivity index (χ1v) is 5.65. The van der Waals surface area contributed by atoms with Crippen LogP contribution in [0.5, 0.6) is 0 Å². The molecule has 0 bridgehead atoms. The fourth-order valence-corrected chi connectivity index (χ4v) is 1.62. The van der Waals surface area contributed by atoms with E-state index < -0.39 is 0 Å². The molecule has 0 fully saturated rings. The van der Waals surface area contributed by atoms with E-state index in [1.165, 1.54) is 18.2 Å². The molecule has 3 nitrogen and oxygen atoms in total. The molecule has 0 saturated carbocycles. The molecule has 0 aliphatic heterocycles. The van der Waals surface area contributed by atoms with Gasteiger partial charge in [-0.3, -0.25) is 4.79 Å². The number of hydrogen-bond acceptors (Lipinski definition) is 2. The number of hydrogen-bond donors (Lipinski definition) is 1. The third-order valence-corrected chi connectivity index (χ3v) is 2.54. The minimum atomic E-state index is -0.353. The molecular weight excluding hydrogens is 245 g/mol. The highest BCUT2D eigenvalue weighted by Crippen LogP contribution is 2.10. The molecule has 0 saturated heterocycles. The van der Waals surface area contributed by atoms with Crippen LogP contribution in [-0.2, 0) is 4.74 Å². The van der Waals surface area contributed by atoms with Crippen LogP contribution in [0.15, 0.2) is 18.2 Å². The number of benzene rings is 1. The SMILES string of the molecule is COCC(Cl)CNC(=O)c1ccc(F)cc1C. The van der Waals surface area contributed by atoms with Gasteiger partial charge in [0.2, 0.25) is 0 Å². The largest absolute Gasteiger partial charge is 0.383 e. The molecule has 1 aromatic rings. The van der Waals surface area contributed by atoms with E-state index >= 15 is 0 Å². The molecule has 0 aliphatic carbocycles. The summed E-state index contributed by atoms with van der Waals surface area (Å²) in [7, 11) is 1.54. The Kier molecular flexibility index (Phi) is 5.38. The molecular formula is C12H15ClFNO2. The van der Waals surface area contributed by atoms with E-state index in [1.54, 1.807) is 14.0 Å². The van der Waals surface area contributed by atoms with Crippen molar-refractivity contribution in [2.75, 3.05) is 20.3 Å². The second-order valence-electron chi connectivity index (χ2n) is 3.72. The first-order valence-electron chi connectivity index (χ1n) is 5.22. The normalized spacial score (nSPS) is 12.2. The van der Waals surface area contributed by atoms with E-state index in [1.807, 2.05) is 0 Å². The van der Waals surface area contributed by atoms with E-state index in [4.69, 9.17) is 16.3 Å². The Balaban J connectivity index is 2.58. The Labute approximate surface area is 105 Å². The Bertz CT molecular complexity index is 398. The van der Waals surface area contributed by atoms with Crippen LogP contribution in [0.4, 0.5) is 4.39 Å². The molecule has 0 aliphatic rings. The van der Waals surface area contributed by atoms with E-state index in [0.717, 1.165) is 0 Å². The highest BCUT2D eigenvalue weighted by Gasteiger charge is 2.11. The van der Waals surface area contributed by atoms with Crippen LogP contribution in [0.1, 0.15) is 15.9 Å².